The normalized spacial score (nSPS) is 24.9. The van der Waals surface area contributed by atoms with Crippen molar-refractivity contribution in [1.82, 2.24) is 0 Å². The number of allylic oxidation sites excluding steroid dienone is 3. The molecule has 0 aromatic heterocycles. The van der Waals surface area contributed by atoms with E-state index in [1.165, 1.54) is 5.56 Å². The largest absolute Gasteiger partial charge is 0.501 e. The van der Waals surface area contributed by atoms with E-state index in [9.17, 15) is 15.0 Å². The Kier molecular flexibility index (Phi) is 9.95. The molecule has 1 aromatic rings. The van der Waals surface area contributed by atoms with E-state index in [1.807, 2.05) is 30.4 Å². The molecule has 1 fully saturated rings. The topological polar surface area (TPSA) is 92.8 Å². The molecule has 1 aliphatic rings. The number of unbranched alkanes of at least 4 members (excludes halogenated alkanes) is 2. The summed E-state index contributed by atoms with van der Waals surface area (Å²) in [6, 6.07) is 10.4. The van der Waals surface area contributed by atoms with Gasteiger partial charge in [-0.2, -0.15) is 0 Å². The van der Waals surface area contributed by atoms with Crippen molar-refractivity contribution in [3.63, 3.8) is 0 Å². The van der Waals surface area contributed by atoms with E-state index in [0.717, 1.165) is 37.9 Å². The summed E-state index contributed by atoms with van der Waals surface area (Å²) >= 11 is 0. The fourth-order valence-corrected chi connectivity index (χ4v) is 4.11. The second kappa shape index (κ2) is 12.5. The van der Waals surface area contributed by atoms with Gasteiger partial charge < -0.3 is 20.7 Å². The van der Waals surface area contributed by atoms with E-state index >= 15 is 0 Å². The van der Waals surface area contributed by atoms with Crippen LogP contribution in [0.4, 0.5) is 0 Å². The first-order valence-electron chi connectivity index (χ1n) is 10.6. The molecular formula is C24H35NO4. The molecule has 0 spiro atoms. The van der Waals surface area contributed by atoms with Crippen LogP contribution in [0.3, 0.4) is 0 Å². The molecule has 29 heavy (non-hydrogen) atoms. The highest BCUT2D eigenvalue weighted by Gasteiger charge is 2.43. The van der Waals surface area contributed by atoms with Gasteiger partial charge in [-0.3, -0.25) is 4.79 Å². The average molecular weight is 402 g/mol. The van der Waals surface area contributed by atoms with Crippen LogP contribution >= 0.6 is 0 Å². The monoisotopic (exact) mass is 401 g/mol. The number of carbonyl (C=O) groups is 1. The lowest BCUT2D eigenvalue weighted by Crippen LogP contribution is -2.24. The smallest absolute Gasteiger partial charge is 0.217 e. The van der Waals surface area contributed by atoms with Gasteiger partial charge in [-0.25, -0.2) is 0 Å². The summed E-state index contributed by atoms with van der Waals surface area (Å²) in [5.41, 5.74) is 6.46. The van der Waals surface area contributed by atoms with Crippen molar-refractivity contribution in [3.05, 3.63) is 59.9 Å². The van der Waals surface area contributed by atoms with Crippen LogP contribution in [0.2, 0.25) is 0 Å². The van der Waals surface area contributed by atoms with Crippen molar-refractivity contribution < 1.29 is 19.7 Å². The van der Waals surface area contributed by atoms with E-state index < -0.39 is 12.2 Å². The highest BCUT2D eigenvalue weighted by atomic mass is 16.5. The predicted molar refractivity (Wildman–Crippen MR) is 115 cm³/mol. The molecule has 1 unspecified atom stereocenters. The SMILES string of the molecule is CO/C(=C/CCCc1ccccc1)[C@H]1C(C/C=C\CCCC(N)=O)[C@H](O)C[C@@H]1O. The summed E-state index contributed by atoms with van der Waals surface area (Å²) in [5, 5.41) is 20.9. The molecule has 1 aromatic carbocycles. The van der Waals surface area contributed by atoms with Crippen LogP contribution in [-0.2, 0) is 16.0 Å². The molecule has 0 heterocycles. The zero-order valence-electron chi connectivity index (χ0n) is 17.4. The fraction of sp³-hybridized carbons (Fsp3) is 0.542. The Morgan fingerprint density at radius 1 is 1.14 bits per heavy atom. The number of carbonyl (C=O) groups excluding carboxylic acids is 1. The molecule has 1 amide bonds. The van der Waals surface area contributed by atoms with Gasteiger partial charge in [-0.15, -0.1) is 0 Å². The second-order valence-electron chi connectivity index (χ2n) is 7.81. The number of rotatable bonds is 12. The molecular weight excluding hydrogens is 366 g/mol. The summed E-state index contributed by atoms with van der Waals surface area (Å²) in [7, 11) is 1.64. The first kappa shape index (κ1) is 23.2. The van der Waals surface area contributed by atoms with Crippen LogP contribution in [-0.4, -0.2) is 35.4 Å². The lowest BCUT2D eigenvalue weighted by molar-refractivity contribution is -0.118. The van der Waals surface area contributed by atoms with Crippen LogP contribution in [0.15, 0.2) is 54.3 Å². The van der Waals surface area contributed by atoms with E-state index in [4.69, 9.17) is 10.5 Å². The number of hydrogen-bond donors (Lipinski definition) is 3. The van der Waals surface area contributed by atoms with Crippen LogP contribution < -0.4 is 5.73 Å². The van der Waals surface area contributed by atoms with E-state index in [1.54, 1.807) is 7.11 Å². The summed E-state index contributed by atoms with van der Waals surface area (Å²) in [6.07, 6.45) is 10.8. The third-order valence-corrected chi connectivity index (χ3v) is 5.64. The molecule has 5 heteroatoms. The van der Waals surface area contributed by atoms with Gasteiger partial charge in [-0.05, 0) is 50.2 Å². The van der Waals surface area contributed by atoms with Crippen LogP contribution in [0, 0.1) is 11.8 Å². The number of primary amides is 1. The van der Waals surface area contributed by atoms with E-state index in [2.05, 4.69) is 18.2 Å². The fourth-order valence-electron chi connectivity index (χ4n) is 4.11. The zero-order chi connectivity index (χ0) is 21.1. The first-order valence-corrected chi connectivity index (χ1v) is 10.6. The van der Waals surface area contributed by atoms with Gasteiger partial charge in [0.05, 0.1) is 25.1 Å². The minimum Gasteiger partial charge on any atom is -0.501 e. The lowest BCUT2D eigenvalue weighted by atomic mass is 9.88. The average Bonchev–Trinajstić information content (AvgIpc) is 2.98. The van der Waals surface area contributed by atoms with Crippen molar-refractivity contribution in [3.8, 4) is 0 Å². The number of aliphatic hydroxyl groups is 2. The molecule has 4 atom stereocenters. The molecule has 0 bridgehead atoms. The van der Waals surface area contributed by atoms with Crippen LogP contribution in [0.5, 0.6) is 0 Å². The molecule has 0 radical (unpaired) electrons. The number of nitrogens with two attached hydrogens (primary N) is 1. The third kappa shape index (κ3) is 7.67. The summed E-state index contributed by atoms with van der Waals surface area (Å²) < 4.78 is 5.62. The predicted octanol–water partition coefficient (Wildman–Crippen LogP) is 3.50. The number of methoxy groups -OCH3 is 1. The summed E-state index contributed by atoms with van der Waals surface area (Å²) in [5.74, 6) is 0.226. The Hall–Kier alpha value is -2.11. The third-order valence-electron chi connectivity index (χ3n) is 5.64. The van der Waals surface area contributed by atoms with Crippen LogP contribution in [0.25, 0.3) is 0 Å². The zero-order valence-corrected chi connectivity index (χ0v) is 17.4. The molecule has 0 aliphatic heterocycles. The van der Waals surface area contributed by atoms with Gasteiger partial charge in [0.15, 0.2) is 0 Å². The van der Waals surface area contributed by atoms with Gasteiger partial charge in [0, 0.05) is 24.7 Å². The van der Waals surface area contributed by atoms with Crippen molar-refractivity contribution in [2.75, 3.05) is 7.11 Å². The maximum absolute atomic E-state index is 10.8. The van der Waals surface area contributed by atoms with Gasteiger partial charge in [0.2, 0.25) is 5.91 Å². The molecule has 160 valence electrons. The Labute approximate surface area is 174 Å². The number of amides is 1. The Morgan fingerprint density at radius 3 is 2.59 bits per heavy atom. The maximum Gasteiger partial charge on any atom is 0.217 e. The molecule has 2 rings (SSSR count). The molecule has 4 N–H and O–H groups in total. The van der Waals surface area contributed by atoms with Gasteiger partial charge in [0.25, 0.3) is 0 Å². The van der Waals surface area contributed by atoms with Crippen molar-refractivity contribution in [2.24, 2.45) is 17.6 Å². The van der Waals surface area contributed by atoms with Crippen molar-refractivity contribution in [2.45, 2.75) is 63.6 Å². The van der Waals surface area contributed by atoms with Gasteiger partial charge in [0.1, 0.15) is 0 Å². The van der Waals surface area contributed by atoms with E-state index in [-0.39, 0.29) is 17.7 Å². The summed E-state index contributed by atoms with van der Waals surface area (Å²) in [4.78, 5) is 10.8. The van der Waals surface area contributed by atoms with Crippen molar-refractivity contribution >= 4 is 5.91 Å². The molecule has 1 aliphatic carbocycles. The minimum atomic E-state index is -0.599. The first-order chi connectivity index (χ1) is 14.0. The van der Waals surface area contributed by atoms with Gasteiger partial charge in [-0.1, -0.05) is 42.5 Å². The highest BCUT2D eigenvalue weighted by Crippen LogP contribution is 2.40. The lowest BCUT2D eigenvalue weighted by Gasteiger charge is -2.24. The van der Waals surface area contributed by atoms with Crippen molar-refractivity contribution in [1.29, 1.82) is 0 Å². The quantitative estimate of drug-likeness (QED) is 0.284. The van der Waals surface area contributed by atoms with Crippen LogP contribution in [0.1, 0.15) is 50.5 Å². The Balaban J connectivity index is 1.89. The highest BCUT2D eigenvalue weighted by molar-refractivity contribution is 5.73. The second-order valence-corrected chi connectivity index (χ2v) is 7.81. The molecule has 1 saturated carbocycles. The van der Waals surface area contributed by atoms with E-state index in [0.29, 0.717) is 19.3 Å². The Bertz CT molecular complexity index is 671. The number of aliphatic hydroxyl groups excluding tert-OH is 2. The number of aryl methyl sites for hydroxylation is 1. The molecule has 0 saturated heterocycles. The number of benzene rings is 1. The van der Waals surface area contributed by atoms with Gasteiger partial charge >= 0.3 is 0 Å². The molecule has 5 nitrogen and oxygen atoms in total. The minimum absolute atomic E-state index is 0.0716. The Morgan fingerprint density at radius 2 is 1.90 bits per heavy atom. The maximum atomic E-state index is 10.8. The standard InChI is InChI=1S/C24H35NO4/c1-29-22(15-10-9-13-18-11-5-4-6-12-18)24-19(20(26)17-21(24)27)14-7-2-3-8-16-23(25)28/h2,4-7,11-12,15,19-21,24,26-27H,3,8-10,13-14,16-17H2,1H3,(H2,25,28)/b7-2-,22-15+/t19?,20-,21+,24+/m1/s1. The summed E-state index contributed by atoms with van der Waals surface area (Å²) in [6.45, 7) is 0. The number of hydrogen-bond acceptors (Lipinski definition) is 4. The number of ether oxygens (including phenoxy) is 1.